The lowest BCUT2D eigenvalue weighted by atomic mass is 10.2. The summed E-state index contributed by atoms with van der Waals surface area (Å²) in [6, 6.07) is 1.50. The summed E-state index contributed by atoms with van der Waals surface area (Å²) < 4.78 is 38.0. The highest BCUT2D eigenvalue weighted by Gasteiger charge is 2.33. The molecule has 1 aliphatic rings. The van der Waals surface area contributed by atoms with Crippen LogP contribution in [0.25, 0.3) is 0 Å². The SMILES string of the molecule is O=C(NCc1ncc(C(F)(F)F)cc1Cl)C1CC=NN1c1ncc(Cl)cc1Cl. The monoisotopic (exact) mass is 451 g/mol. The molecule has 3 rings (SSSR count). The molecule has 0 aromatic carbocycles. The van der Waals surface area contributed by atoms with Gasteiger partial charge in [0, 0.05) is 25.0 Å². The minimum Gasteiger partial charge on any atom is -0.349 e. The number of aromatic nitrogens is 2. The van der Waals surface area contributed by atoms with Gasteiger partial charge in [-0.25, -0.2) is 9.99 Å². The molecule has 0 radical (unpaired) electrons. The summed E-state index contributed by atoms with van der Waals surface area (Å²) in [5.41, 5.74) is -0.859. The number of hydrogen-bond acceptors (Lipinski definition) is 5. The van der Waals surface area contributed by atoms with Crippen molar-refractivity contribution in [2.45, 2.75) is 25.2 Å². The third kappa shape index (κ3) is 4.48. The van der Waals surface area contributed by atoms with Crippen LogP contribution in [0, 0.1) is 0 Å². The van der Waals surface area contributed by atoms with E-state index < -0.39 is 23.7 Å². The number of halogens is 6. The second-order valence-electron chi connectivity index (χ2n) is 5.72. The summed E-state index contributed by atoms with van der Waals surface area (Å²) in [7, 11) is 0. The molecule has 3 heterocycles. The Morgan fingerprint density at radius 1 is 1.18 bits per heavy atom. The average Bonchev–Trinajstić information content (AvgIpc) is 3.09. The van der Waals surface area contributed by atoms with Crippen LogP contribution in [-0.2, 0) is 17.5 Å². The van der Waals surface area contributed by atoms with Gasteiger partial charge in [-0.15, -0.1) is 0 Å². The number of rotatable bonds is 4. The molecule has 0 fully saturated rings. The van der Waals surface area contributed by atoms with Crippen LogP contribution < -0.4 is 10.3 Å². The number of alkyl halides is 3. The molecule has 1 amide bonds. The van der Waals surface area contributed by atoms with Gasteiger partial charge in [-0.05, 0) is 12.1 Å². The fourth-order valence-corrected chi connectivity index (χ4v) is 3.15. The van der Waals surface area contributed by atoms with E-state index in [1.165, 1.54) is 23.5 Å². The topological polar surface area (TPSA) is 70.5 Å². The van der Waals surface area contributed by atoms with Crippen LogP contribution in [0.15, 0.2) is 29.6 Å². The quantitative estimate of drug-likeness (QED) is 0.749. The van der Waals surface area contributed by atoms with Crippen LogP contribution >= 0.6 is 34.8 Å². The zero-order valence-corrected chi connectivity index (χ0v) is 16.1. The number of amides is 1. The van der Waals surface area contributed by atoms with E-state index in [0.717, 1.165) is 6.07 Å². The van der Waals surface area contributed by atoms with Crippen LogP contribution in [0.5, 0.6) is 0 Å². The van der Waals surface area contributed by atoms with Crippen molar-refractivity contribution in [1.29, 1.82) is 0 Å². The molecular weight excluding hydrogens is 442 g/mol. The molecule has 1 atom stereocenters. The molecule has 2 aromatic rings. The Bertz CT molecular complexity index is 938. The van der Waals surface area contributed by atoms with Gasteiger partial charge in [-0.2, -0.15) is 18.3 Å². The molecule has 0 saturated carbocycles. The lowest BCUT2D eigenvalue weighted by Crippen LogP contribution is -2.42. The molecule has 1 N–H and O–H groups in total. The molecule has 12 heteroatoms. The summed E-state index contributed by atoms with van der Waals surface area (Å²) >= 11 is 17.8. The summed E-state index contributed by atoms with van der Waals surface area (Å²) in [5.74, 6) is -0.186. The number of anilines is 1. The number of carbonyl (C=O) groups is 1. The summed E-state index contributed by atoms with van der Waals surface area (Å²) in [4.78, 5) is 20.3. The molecule has 2 aromatic heterocycles. The van der Waals surface area contributed by atoms with Crippen molar-refractivity contribution in [2.24, 2.45) is 5.10 Å². The molecule has 28 heavy (non-hydrogen) atoms. The molecule has 0 aliphatic carbocycles. The second kappa shape index (κ2) is 8.10. The Hall–Kier alpha value is -2.10. The van der Waals surface area contributed by atoms with Gasteiger partial charge in [0.15, 0.2) is 5.82 Å². The highest BCUT2D eigenvalue weighted by atomic mass is 35.5. The molecule has 0 spiro atoms. The van der Waals surface area contributed by atoms with Gasteiger partial charge < -0.3 is 5.32 Å². The predicted octanol–water partition coefficient (Wildman–Crippen LogP) is 4.34. The lowest BCUT2D eigenvalue weighted by Gasteiger charge is -2.22. The van der Waals surface area contributed by atoms with Crippen LogP contribution in [0.1, 0.15) is 17.7 Å². The van der Waals surface area contributed by atoms with E-state index in [4.69, 9.17) is 34.8 Å². The van der Waals surface area contributed by atoms with E-state index in [1.54, 1.807) is 0 Å². The van der Waals surface area contributed by atoms with E-state index in [-0.39, 0.29) is 28.1 Å². The normalized spacial score (nSPS) is 16.5. The van der Waals surface area contributed by atoms with E-state index in [1.807, 2.05) is 0 Å². The highest BCUT2D eigenvalue weighted by molar-refractivity contribution is 6.36. The minimum absolute atomic E-state index is 0.108. The van der Waals surface area contributed by atoms with E-state index in [9.17, 15) is 18.0 Å². The van der Waals surface area contributed by atoms with Crippen molar-refractivity contribution in [3.05, 3.63) is 50.9 Å². The molecule has 148 valence electrons. The third-order valence-electron chi connectivity index (χ3n) is 3.81. The Balaban J connectivity index is 1.69. The largest absolute Gasteiger partial charge is 0.417 e. The highest BCUT2D eigenvalue weighted by Crippen LogP contribution is 2.32. The smallest absolute Gasteiger partial charge is 0.349 e. The molecular formula is C16H11Cl3F3N5O. The maximum absolute atomic E-state index is 12.7. The van der Waals surface area contributed by atoms with E-state index in [0.29, 0.717) is 17.6 Å². The molecule has 0 bridgehead atoms. The second-order valence-corrected chi connectivity index (χ2v) is 6.97. The zero-order chi connectivity index (χ0) is 20.5. The fourth-order valence-electron chi connectivity index (χ4n) is 2.45. The summed E-state index contributed by atoms with van der Waals surface area (Å²) in [5, 5.41) is 8.39. The number of carbonyl (C=O) groups excluding carboxylic acids is 1. The van der Waals surface area contributed by atoms with Crippen molar-refractivity contribution >= 4 is 52.7 Å². The molecule has 1 aliphatic heterocycles. The maximum Gasteiger partial charge on any atom is 0.417 e. The van der Waals surface area contributed by atoms with Gasteiger partial charge in [0.25, 0.3) is 0 Å². The van der Waals surface area contributed by atoms with E-state index >= 15 is 0 Å². The summed E-state index contributed by atoms with van der Waals surface area (Å²) in [6.07, 6.45) is -0.695. The first-order valence-corrected chi connectivity index (χ1v) is 8.92. The molecule has 1 unspecified atom stereocenters. The average molecular weight is 453 g/mol. The van der Waals surface area contributed by atoms with Crippen molar-refractivity contribution in [3.63, 3.8) is 0 Å². The summed E-state index contributed by atoms with van der Waals surface area (Å²) in [6.45, 7) is -0.151. The minimum atomic E-state index is -4.55. The predicted molar refractivity (Wildman–Crippen MR) is 99.7 cm³/mol. The van der Waals surface area contributed by atoms with Crippen molar-refractivity contribution in [1.82, 2.24) is 15.3 Å². The maximum atomic E-state index is 12.7. The van der Waals surface area contributed by atoms with Gasteiger partial charge >= 0.3 is 6.18 Å². The van der Waals surface area contributed by atoms with Crippen LogP contribution in [0.3, 0.4) is 0 Å². The van der Waals surface area contributed by atoms with Crippen LogP contribution in [-0.4, -0.2) is 28.1 Å². The van der Waals surface area contributed by atoms with Crippen LogP contribution in [0.4, 0.5) is 19.0 Å². The Morgan fingerprint density at radius 3 is 2.57 bits per heavy atom. The Kier molecular flexibility index (Phi) is 5.97. The van der Waals surface area contributed by atoms with Crippen molar-refractivity contribution in [3.8, 4) is 0 Å². The lowest BCUT2D eigenvalue weighted by molar-refractivity contribution is -0.137. The standard InChI is InChI=1S/C16H11Cl3F3N5O/c17-9-4-11(19)14(24-6-9)27-13(1-2-26-27)15(28)25-7-12-10(18)3-8(5-23-12)16(20,21)22/h2-6,13H,1,7H2,(H,25,28). The van der Waals surface area contributed by atoms with Gasteiger partial charge in [-0.3, -0.25) is 9.78 Å². The Morgan fingerprint density at radius 2 is 1.93 bits per heavy atom. The van der Waals surface area contributed by atoms with Gasteiger partial charge in [-0.1, -0.05) is 34.8 Å². The first-order valence-electron chi connectivity index (χ1n) is 7.79. The number of nitrogens with one attached hydrogen (secondary N) is 1. The number of nitrogens with zero attached hydrogens (tertiary/aromatic N) is 4. The third-order valence-corrected chi connectivity index (χ3v) is 4.62. The van der Waals surface area contributed by atoms with E-state index in [2.05, 4.69) is 20.4 Å². The Labute approximate surface area is 172 Å². The molecule has 6 nitrogen and oxygen atoms in total. The number of pyridine rings is 2. The van der Waals surface area contributed by atoms with Gasteiger partial charge in [0.1, 0.15) is 6.04 Å². The number of hydrogen-bond donors (Lipinski definition) is 1. The molecule has 0 saturated heterocycles. The fraction of sp³-hybridized carbons (Fsp3) is 0.250. The zero-order valence-electron chi connectivity index (χ0n) is 13.8. The number of hydrazone groups is 1. The van der Waals surface area contributed by atoms with Gasteiger partial charge in [0.2, 0.25) is 5.91 Å². The first-order chi connectivity index (χ1) is 13.2. The van der Waals surface area contributed by atoms with Gasteiger partial charge in [0.05, 0.1) is 32.9 Å². The van der Waals surface area contributed by atoms with Crippen molar-refractivity contribution < 1.29 is 18.0 Å². The van der Waals surface area contributed by atoms with Crippen molar-refractivity contribution in [2.75, 3.05) is 5.01 Å². The van der Waals surface area contributed by atoms with Crippen LogP contribution in [0.2, 0.25) is 15.1 Å². The first kappa shape index (κ1) is 20.6.